The molecule has 0 bridgehead atoms. The molecule has 3 atom stereocenters. The monoisotopic (exact) mass is 245 g/mol. The number of fused-ring (bicyclic) bond motifs is 2. The number of para-hydroxylation sites is 1. The fraction of sp³-hybridized carbons (Fsp3) is 0.533. The standard InChI is InChI=1S/C15H19NO2/c17-10-16-15-12-6-2-1-5-11(12)9-18-14-8-4-3-7-13(14)15/h3-4,7-8,10-12,15H,1-2,5-6,9H2,(H,16,17)/t11-,12+,15+/m0/s1. The van der Waals surface area contributed by atoms with Crippen LogP contribution in [0.3, 0.4) is 0 Å². The molecule has 3 heteroatoms. The lowest BCUT2D eigenvalue weighted by Gasteiger charge is -2.34. The number of rotatable bonds is 2. The quantitative estimate of drug-likeness (QED) is 0.813. The van der Waals surface area contributed by atoms with Crippen LogP contribution in [-0.4, -0.2) is 13.0 Å². The Balaban J connectivity index is 1.98. The molecular weight excluding hydrogens is 226 g/mol. The molecule has 1 aliphatic heterocycles. The minimum absolute atomic E-state index is 0.117. The number of benzene rings is 1. The van der Waals surface area contributed by atoms with E-state index >= 15 is 0 Å². The molecule has 1 fully saturated rings. The Kier molecular flexibility index (Phi) is 3.22. The predicted molar refractivity (Wildman–Crippen MR) is 69.3 cm³/mol. The van der Waals surface area contributed by atoms with Gasteiger partial charge in [-0.25, -0.2) is 0 Å². The van der Waals surface area contributed by atoms with Crippen LogP contribution in [0.1, 0.15) is 37.3 Å². The number of nitrogens with one attached hydrogen (secondary N) is 1. The van der Waals surface area contributed by atoms with E-state index in [2.05, 4.69) is 11.4 Å². The SMILES string of the molecule is O=CN[C@H]1c2ccccc2OC[C@@H]2CCCC[C@H]21. The van der Waals surface area contributed by atoms with Gasteiger partial charge in [0, 0.05) is 5.56 Å². The van der Waals surface area contributed by atoms with Crippen molar-refractivity contribution in [1.82, 2.24) is 5.32 Å². The molecule has 1 aromatic carbocycles. The van der Waals surface area contributed by atoms with E-state index in [0.717, 1.165) is 24.3 Å². The van der Waals surface area contributed by atoms with E-state index in [1.54, 1.807) is 0 Å². The fourth-order valence-corrected chi connectivity index (χ4v) is 3.47. The highest BCUT2D eigenvalue weighted by Crippen LogP contribution is 2.43. The number of hydrogen-bond acceptors (Lipinski definition) is 2. The Morgan fingerprint density at radius 3 is 2.94 bits per heavy atom. The van der Waals surface area contributed by atoms with Crippen LogP contribution in [0.25, 0.3) is 0 Å². The zero-order chi connectivity index (χ0) is 12.4. The van der Waals surface area contributed by atoms with Crippen molar-refractivity contribution in [2.45, 2.75) is 31.7 Å². The van der Waals surface area contributed by atoms with Gasteiger partial charge in [0.05, 0.1) is 12.6 Å². The van der Waals surface area contributed by atoms with Gasteiger partial charge in [0.2, 0.25) is 6.41 Å². The Morgan fingerprint density at radius 2 is 2.06 bits per heavy atom. The van der Waals surface area contributed by atoms with Crippen LogP contribution >= 0.6 is 0 Å². The largest absolute Gasteiger partial charge is 0.493 e. The van der Waals surface area contributed by atoms with Crippen LogP contribution in [0, 0.1) is 11.8 Å². The van der Waals surface area contributed by atoms with E-state index in [1.165, 1.54) is 25.7 Å². The van der Waals surface area contributed by atoms with E-state index in [-0.39, 0.29) is 6.04 Å². The second kappa shape index (κ2) is 5.01. The normalized spacial score (nSPS) is 30.3. The summed E-state index contributed by atoms with van der Waals surface area (Å²) in [5.74, 6) is 2.03. The van der Waals surface area contributed by atoms with Gasteiger partial charge in [0.15, 0.2) is 0 Å². The summed E-state index contributed by atoms with van der Waals surface area (Å²) in [6.07, 6.45) is 5.79. The first-order valence-corrected chi connectivity index (χ1v) is 6.81. The average molecular weight is 245 g/mol. The van der Waals surface area contributed by atoms with Crippen molar-refractivity contribution in [3.63, 3.8) is 0 Å². The predicted octanol–water partition coefficient (Wildman–Crippen LogP) is 2.67. The van der Waals surface area contributed by atoms with Crippen molar-refractivity contribution in [3.05, 3.63) is 29.8 Å². The molecular formula is C15H19NO2. The Bertz CT molecular complexity index is 432. The van der Waals surface area contributed by atoms with Crippen LogP contribution in [0.2, 0.25) is 0 Å². The van der Waals surface area contributed by atoms with Gasteiger partial charge in [-0.1, -0.05) is 31.0 Å². The lowest BCUT2D eigenvalue weighted by atomic mass is 9.74. The minimum Gasteiger partial charge on any atom is -0.493 e. The molecule has 1 heterocycles. The van der Waals surface area contributed by atoms with Gasteiger partial charge in [0.25, 0.3) is 0 Å². The summed E-state index contributed by atoms with van der Waals surface area (Å²) in [5, 5.41) is 3.02. The Morgan fingerprint density at radius 1 is 1.22 bits per heavy atom. The van der Waals surface area contributed by atoms with E-state index in [1.807, 2.05) is 18.2 Å². The first-order chi connectivity index (χ1) is 8.90. The van der Waals surface area contributed by atoms with Crippen LogP contribution in [0.15, 0.2) is 24.3 Å². The maximum atomic E-state index is 10.9. The second-order valence-corrected chi connectivity index (χ2v) is 5.32. The lowest BCUT2D eigenvalue weighted by molar-refractivity contribution is -0.110. The number of carbonyl (C=O) groups excluding carboxylic acids is 1. The molecule has 0 unspecified atom stereocenters. The van der Waals surface area contributed by atoms with E-state index < -0.39 is 0 Å². The van der Waals surface area contributed by atoms with Crippen molar-refractivity contribution in [3.8, 4) is 5.75 Å². The maximum absolute atomic E-state index is 10.9. The highest BCUT2D eigenvalue weighted by molar-refractivity contribution is 5.50. The molecule has 0 saturated heterocycles. The first kappa shape index (κ1) is 11.6. The van der Waals surface area contributed by atoms with Crippen molar-refractivity contribution >= 4 is 6.41 Å². The molecule has 96 valence electrons. The molecule has 0 radical (unpaired) electrons. The number of ether oxygens (including phenoxy) is 1. The number of carbonyl (C=O) groups is 1. The van der Waals surface area contributed by atoms with Gasteiger partial charge >= 0.3 is 0 Å². The van der Waals surface area contributed by atoms with E-state index in [9.17, 15) is 4.79 Å². The van der Waals surface area contributed by atoms with Crippen molar-refractivity contribution < 1.29 is 9.53 Å². The van der Waals surface area contributed by atoms with Gasteiger partial charge in [-0.2, -0.15) is 0 Å². The van der Waals surface area contributed by atoms with E-state index in [0.29, 0.717) is 11.8 Å². The van der Waals surface area contributed by atoms with Gasteiger partial charge in [-0.05, 0) is 30.7 Å². The Hall–Kier alpha value is -1.51. The van der Waals surface area contributed by atoms with Gasteiger partial charge in [-0.3, -0.25) is 4.79 Å². The molecule has 3 nitrogen and oxygen atoms in total. The molecule has 18 heavy (non-hydrogen) atoms. The molecule has 1 aromatic rings. The lowest BCUT2D eigenvalue weighted by Crippen LogP contribution is -2.34. The summed E-state index contributed by atoms with van der Waals surface area (Å²) in [4.78, 5) is 10.9. The highest BCUT2D eigenvalue weighted by atomic mass is 16.5. The number of amides is 1. The summed E-state index contributed by atoms with van der Waals surface area (Å²) >= 11 is 0. The third-order valence-electron chi connectivity index (χ3n) is 4.35. The second-order valence-electron chi connectivity index (χ2n) is 5.32. The van der Waals surface area contributed by atoms with Crippen molar-refractivity contribution in [1.29, 1.82) is 0 Å². The molecule has 1 saturated carbocycles. The Labute approximate surface area is 108 Å². The summed E-state index contributed by atoms with van der Waals surface area (Å²) in [5.41, 5.74) is 1.14. The third kappa shape index (κ3) is 1.98. The number of hydrogen-bond donors (Lipinski definition) is 1. The summed E-state index contributed by atoms with van der Waals surface area (Å²) < 4.78 is 5.94. The molecule has 1 N–H and O–H groups in total. The average Bonchev–Trinajstić information content (AvgIpc) is 2.58. The van der Waals surface area contributed by atoms with Crippen molar-refractivity contribution in [2.75, 3.05) is 6.61 Å². The maximum Gasteiger partial charge on any atom is 0.207 e. The minimum atomic E-state index is 0.117. The molecule has 2 aliphatic rings. The van der Waals surface area contributed by atoms with Crippen molar-refractivity contribution in [2.24, 2.45) is 11.8 Å². The molecule has 0 spiro atoms. The summed E-state index contributed by atoms with van der Waals surface area (Å²) in [6.45, 7) is 0.790. The zero-order valence-electron chi connectivity index (χ0n) is 10.5. The van der Waals surface area contributed by atoms with E-state index in [4.69, 9.17) is 4.74 Å². The summed E-state index contributed by atoms with van der Waals surface area (Å²) in [6, 6.07) is 8.21. The molecule has 3 rings (SSSR count). The van der Waals surface area contributed by atoms with Gasteiger partial charge in [0.1, 0.15) is 5.75 Å². The fourth-order valence-electron chi connectivity index (χ4n) is 3.47. The van der Waals surface area contributed by atoms with Crippen LogP contribution in [-0.2, 0) is 4.79 Å². The zero-order valence-corrected chi connectivity index (χ0v) is 10.5. The van der Waals surface area contributed by atoms with Crippen LogP contribution < -0.4 is 10.1 Å². The highest BCUT2D eigenvalue weighted by Gasteiger charge is 2.36. The molecule has 1 aliphatic carbocycles. The van der Waals surface area contributed by atoms with Crippen LogP contribution in [0.5, 0.6) is 5.75 Å². The van der Waals surface area contributed by atoms with Gasteiger partial charge < -0.3 is 10.1 Å². The van der Waals surface area contributed by atoms with Gasteiger partial charge in [-0.15, -0.1) is 0 Å². The van der Waals surface area contributed by atoms with Crippen LogP contribution in [0.4, 0.5) is 0 Å². The summed E-state index contributed by atoms with van der Waals surface area (Å²) in [7, 11) is 0. The smallest absolute Gasteiger partial charge is 0.207 e. The third-order valence-corrected chi connectivity index (χ3v) is 4.35. The first-order valence-electron chi connectivity index (χ1n) is 6.81. The molecule has 1 amide bonds. The topological polar surface area (TPSA) is 38.3 Å². The molecule has 0 aromatic heterocycles.